The van der Waals surface area contributed by atoms with Crippen molar-refractivity contribution in [3.8, 4) is 0 Å². The normalized spacial score (nSPS) is 10.6. The van der Waals surface area contributed by atoms with E-state index < -0.39 is 23.8 Å². The van der Waals surface area contributed by atoms with E-state index in [2.05, 4.69) is 4.98 Å². The molecule has 0 aromatic carbocycles. The Kier molecular flexibility index (Phi) is 2.64. The first kappa shape index (κ1) is 10.4. The molecule has 0 spiro atoms. The molecular formula is C8H8F2N2O2. The van der Waals surface area contributed by atoms with Crippen LogP contribution >= 0.6 is 0 Å². The summed E-state index contributed by atoms with van der Waals surface area (Å²) in [6.07, 6.45) is -2.75. The second kappa shape index (κ2) is 3.57. The second-order valence-electron chi connectivity index (χ2n) is 2.73. The topological polar surface area (TPSA) is 76.2 Å². The van der Waals surface area contributed by atoms with Crippen LogP contribution in [0.25, 0.3) is 0 Å². The van der Waals surface area contributed by atoms with Crippen LogP contribution in [0.4, 0.5) is 14.6 Å². The number of hydrogen-bond acceptors (Lipinski definition) is 3. The number of carbonyl (C=O) groups is 1. The van der Waals surface area contributed by atoms with E-state index in [-0.39, 0.29) is 11.3 Å². The molecule has 1 aromatic heterocycles. The van der Waals surface area contributed by atoms with Crippen LogP contribution in [0.3, 0.4) is 0 Å². The van der Waals surface area contributed by atoms with E-state index >= 15 is 0 Å². The van der Waals surface area contributed by atoms with Crippen LogP contribution in [-0.4, -0.2) is 16.1 Å². The van der Waals surface area contributed by atoms with Crippen LogP contribution in [0.5, 0.6) is 0 Å². The summed E-state index contributed by atoms with van der Waals surface area (Å²) in [6, 6.07) is 1.04. The molecule has 3 N–H and O–H groups in total. The molecule has 0 atom stereocenters. The van der Waals surface area contributed by atoms with Crippen molar-refractivity contribution in [1.82, 2.24) is 4.98 Å². The molecule has 0 fully saturated rings. The molecule has 4 nitrogen and oxygen atoms in total. The Balaban J connectivity index is 3.31. The summed E-state index contributed by atoms with van der Waals surface area (Å²) < 4.78 is 24.5. The lowest BCUT2D eigenvalue weighted by molar-refractivity contribution is 0.0689. The lowest BCUT2D eigenvalue weighted by Crippen LogP contribution is -2.08. The van der Waals surface area contributed by atoms with Gasteiger partial charge in [0.05, 0.1) is 5.56 Å². The summed E-state index contributed by atoms with van der Waals surface area (Å²) in [5.74, 6) is -1.72. The second-order valence-corrected chi connectivity index (χ2v) is 2.73. The third-order valence-electron chi connectivity index (χ3n) is 1.71. The van der Waals surface area contributed by atoms with E-state index in [1.807, 2.05) is 0 Å². The number of nitrogens with two attached hydrogens (primary N) is 1. The number of carboxylic acids is 1. The van der Waals surface area contributed by atoms with Gasteiger partial charge in [-0.1, -0.05) is 0 Å². The maximum absolute atomic E-state index is 12.3. The minimum absolute atomic E-state index is 0.169. The molecule has 0 aliphatic carbocycles. The molecule has 0 aliphatic heterocycles. The van der Waals surface area contributed by atoms with Gasteiger partial charge in [0.15, 0.2) is 5.69 Å². The van der Waals surface area contributed by atoms with Gasteiger partial charge in [-0.2, -0.15) is 0 Å². The molecule has 6 heteroatoms. The van der Waals surface area contributed by atoms with Gasteiger partial charge in [0.2, 0.25) is 0 Å². The van der Waals surface area contributed by atoms with E-state index in [0.717, 1.165) is 6.07 Å². The summed E-state index contributed by atoms with van der Waals surface area (Å²) >= 11 is 0. The molecule has 0 saturated carbocycles. The summed E-state index contributed by atoms with van der Waals surface area (Å²) in [4.78, 5) is 13.9. The van der Waals surface area contributed by atoms with Crippen LogP contribution in [-0.2, 0) is 0 Å². The molecule has 0 unspecified atom stereocenters. The number of aryl methyl sites for hydroxylation is 1. The minimum atomic E-state index is -2.75. The molecule has 0 radical (unpaired) electrons. The SMILES string of the molecule is Cc1cc(C(F)F)c(N)nc1C(=O)O. The monoisotopic (exact) mass is 202 g/mol. The number of halogens is 2. The van der Waals surface area contributed by atoms with Crippen molar-refractivity contribution in [2.45, 2.75) is 13.3 Å². The zero-order valence-electron chi connectivity index (χ0n) is 7.29. The fourth-order valence-electron chi connectivity index (χ4n) is 1.04. The zero-order chi connectivity index (χ0) is 10.9. The lowest BCUT2D eigenvalue weighted by atomic mass is 10.1. The molecule has 1 aromatic rings. The number of aromatic carboxylic acids is 1. The molecule has 0 aliphatic rings. The van der Waals surface area contributed by atoms with Gasteiger partial charge >= 0.3 is 5.97 Å². The number of aromatic nitrogens is 1. The molecule has 76 valence electrons. The van der Waals surface area contributed by atoms with E-state index in [9.17, 15) is 13.6 Å². The van der Waals surface area contributed by atoms with Crippen LogP contribution < -0.4 is 5.73 Å². The van der Waals surface area contributed by atoms with Crippen molar-refractivity contribution in [3.05, 3.63) is 22.9 Å². The van der Waals surface area contributed by atoms with Crippen LogP contribution in [0.15, 0.2) is 6.07 Å². The van der Waals surface area contributed by atoms with Gasteiger partial charge in [-0.05, 0) is 18.6 Å². The van der Waals surface area contributed by atoms with Gasteiger partial charge in [0, 0.05) is 0 Å². The largest absolute Gasteiger partial charge is 0.477 e. The van der Waals surface area contributed by atoms with Gasteiger partial charge in [-0.25, -0.2) is 18.6 Å². The molecular weight excluding hydrogens is 194 g/mol. The highest BCUT2D eigenvalue weighted by Crippen LogP contribution is 2.25. The number of rotatable bonds is 2. The highest BCUT2D eigenvalue weighted by Gasteiger charge is 2.17. The van der Waals surface area contributed by atoms with Crippen molar-refractivity contribution >= 4 is 11.8 Å². The van der Waals surface area contributed by atoms with Gasteiger partial charge in [-0.15, -0.1) is 0 Å². The third kappa shape index (κ3) is 1.78. The Morgan fingerprint density at radius 2 is 2.21 bits per heavy atom. The first-order valence-electron chi connectivity index (χ1n) is 3.72. The molecule has 1 rings (SSSR count). The van der Waals surface area contributed by atoms with Crippen molar-refractivity contribution in [2.24, 2.45) is 0 Å². The zero-order valence-corrected chi connectivity index (χ0v) is 7.29. The maximum Gasteiger partial charge on any atom is 0.354 e. The molecule has 1 heterocycles. The summed E-state index contributed by atoms with van der Waals surface area (Å²) in [7, 11) is 0. The van der Waals surface area contributed by atoms with Gasteiger partial charge in [0.25, 0.3) is 6.43 Å². The highest BCUT2D eigenvalue weighted by molar-refractivity contribution is 5.87. The minimum Gasteiger partial charge on any atom is -0.477 e. The fraction of sp³-hybridized carbons (Fsp3) is 0.250. The summed E-state index contributed by atoms with van der Waals surface area (Å²) in [5, 5.41) is 8.61. The number of anilines is 1. The Hall–Kier alpha value is -1.72. The first-order valence-corrected chi connectivity index (χ1v) is 3.72. The Bertz CT molecular complexity index is 380. The number of alkyl halides is 2. The van der Waals surface area contributed by atoms with Gasteiger partial charge < -0.3 is 10.8 Å². The predicted octanol–water partition coefficient (Wildman–Crippen LogP) is 1.61. The van der Waals surface area contributed by atoms with E-state index in [1.165, 1.54) is 6.92 Å². The Morgan fingerprint density at radius 3 is 2.64 bits per heavy atom. The fourth-order valence-corrected chi connectivity index (χ4v) is 1.04. The van der Waals surface area contributed by atoms with Crippen molar-refractivity contribution in [3.63, 3.8) is 0 Å². The Morgan fingerprint density at radius 1 is 1.64 bits per heavy atom. The molecule has 0 saturated heterocycles. The number of nitrogen functional groups attached to an aromatic ring is 1. The van der Waals surface area contributed by atoms with Crippen LogP contribution in [0, 0.1) is 6.92 Å². The first-order chi connectivity index (χ1) is 6.43. The number of carboxylic acid groups (broad SMARTS) is 1. The smallest absolute Gasteiger partial charge is 0.354 e. The average Bonchev–Trinajstić information content (AvgIpc) is 2.07. The summed E-state index contributed by atoms with van der Waals surface area (Å²) in [6.45, 7) is 1.39. The number of nitrogens with zero attached hydrogens (tertiary/aromatic N) is 1. The van der Waals surface area contributed by atoms with Crippen molar-refractivity contribution in [2.75, 3.05) is 5.73 Å². The summed E-state index contributed by atoms with van der Waals surface area (Å²) in [5.41, 5.74) is 4.61. The van der Waals surface area contributed by atoms with Crippen molar-refractivity contribution in [1.29, 1.82) is 0 Å². The van der Waals surface area contributed by atoms with E-state index in [1.54, 1.807) is 0 Å². The Labute approximate surface area is 78.4 Å². The number of hydrogen-bond donors (Lipinski definition) is 2. The van der Waals surface area contributed by atoms with Gasteiger partial charge in [0.1, 0.15) is 5.82 Å². The van der Waals surface area contributed by atoms with Crippen LogP contribution in [0.2, 0.25) is 0 Å². The molecule has 0 bridgehead atoms. The lowest BCUT2D eigenvalue weighted by Gasteiger charge is -2.07. The maximum atomic E-state index is 12.3. The highest BCUT2D eigenvalue weighted by atomic mass is 19.3. The van der Waals surface area contributed by atoms with Gasteiger partial charge in [-0.3, -0.25) is 0 Å². The standard InChI is InChI=1S/C8H8F2N2O2/c1-3-2-4(6(9)10)7(11)12-5(3)8(13)14/h2,6H,1H3,(H2,11,12)(H,13,14). The number of pyridine rings is 1. The van der Waals surface area contributed by atoms with Crippen LogP contribution in [0.1, 0.15) is 28.0 Å². The molecule has 14 heavy (non-hydrogen) atoms. The third-order valence-corrected chi connectivity index (χ3v) is 1.71. The van der Waals surface area contributed by atoms with E-state index in [0.29, 0.717) is 0 Å². The quantitative estimate of drug-likeness (QED) is 0.763. The average molecular weight is 202 g/mol. The predicted molar refractivity (Wildman–Crippen MR) is 45.3 cm³/mol. The van der Waals surface area contributed by atoms with E-state index in [4.69, 9.17) is 10.8 Å². The van der Waals surface area contributed by atoms with Crippen molar-refractivity contribution < 1.29 is 18.7 Å². The molecule has 0 amide bonds.